The lowest BCUT2D eigenvalue weighted by atomic mass is 10.1. The molecule has 2 aromatic rings. The maximum Gasteiger partial charge on any atom is 0.224 e. The number of carbonyl (C=O) groups is 1. The van der Waals surface area contributed by atoms with Gasteiger partial charge in [0.15, 0.2) is 0 Å². The molecule has 0 aliphatic rings. The van der Waals surface area contributed by atoms with E-state index < -0.39 is 0 Å². The summed E-state index contributed by atoms with van der Waals surface area (Å²) in [5.74, 6) is -0.710. The summed E-state index contributed by atoms with van der Waals surface area (Å²) < 4.78 is 1.67. The summed E-state index contributed by atoms with van der Waals surface area (Å²) in [5.41, 5.74) is 6.88. The van der Waals surface area contributed by atoms with Gasteiger partial charge in [-0.15, -0.1) is 0 Å². The Morgan fingerprint density at radius 2 is 2.29 bits per heavy atom. The molecule has 0 bridgehead atoms. The summed E-state index contributed by atoms with van der Waals surface area (Å²) in [6, 6.07) is 7.32. The van der Waals surface area contributed by atoms with Crippen LogP contribution in [0.1, 0.15) is 18.4 Å². The largest absolute Gasteiger partial charge is 0.369 e. The Hall–Kier alpha value is -1.81. The lowest BCUT2D eigenvalue weighted by molar-refractivity contribution is -0.119. The van der Waals surface area contributed by atoms with Gasteiger partial charge in [0.05, 0.1) is 17.8 Å². The van der Waals surface area contributed by atoms with Crippen LogP contribution in [0.5, 0.6) is 0 Å². The van der Waals surface area contributed by atoms with Gasteiger partial charge in [-0.25, -0.2) is 4.68 Å². The molecule has 17 heavy (non-hydrogen) atoms. The third kappa shape index (κ3) is 2.47. The van der Waals surface area contributed by atoms with Crippen molar-refractivity contribution in [1.82, 2.24) is 9.78 Å². The van der Waals surface area contributed by atoms with Crippen molar-refractivity contribution in [3.05, 3.63) is 47.2 Å². The minimum absolute atomic E-state index is 0.345. The number of carbonyl (C=O) groups excluding carboxylic acids is 1. The van der Waals surface area contributed by atoms with Crippen LogP contribution < -0.4 is 5.73 Å². The maximum absolute atomic E-state index is 11.1. The summed E-state index contributed by atoms with van der Waals surface area (Å²) >= 11 is 5.90. The van der Waals surface area contributed by atoms with E-state index in [1.165, 1.54) is 0 Å². The first-order valence-corrected chi connectivity index (χ1v) is 5.55. The normalized spacial score (nSPS) is 12.4. The minimum Gasteiger partial charge on any atom is -0.369 e. The van der Waals surface area contributed by atoms with Gasteiger partial charge in [0.2, 0.25) is 5.91 Å². The number of primary amides is 1. The highest BCUT2D eigenvalue weighted by molar-refractivity contribution is 6.30. The lowest BCUT2D eigenvalue weighted by Crippen LogP contribution is -2.18. The van der Waals surface area contributed by atoms with Crippen molar-refractivity contribution in [2.75, 3.05) is 0 Å². The highest BCUT2D eigenvalue weighted by Gasteiger charge is 2.13. The molecule has 1 aromatic carbocycles. The smallest absolute Gasteiger partial charge is 0.224 e. The van der Waals surface area contributed by atoms with Crippen molar-refractivity contribution in [3.8, 4) is 5.69 Å². The number of amides is 1. The number of halogens is 1. The summed E-state index contributed by atoms with van der Waals surface area (Å²) in [7, 11) is 0. The zero-order chi connectivity index (χ0) is 12.4. The topological polar surface area (TPSA) is 60.9 Å². The third-order valence-electron chi connectivity index (χ3n) is 2.60. The van der Waals surface area contributed by atoms with E-state index in [-0.39, 0.29) is 11.8 Å². The fourth-order valence-electron chi connectivity index (χ4n) is 1.48. The Morgan fingerprint density at radius 3 is 2.94 bits per heavy atom. The fourth-order valence-corrected chi connectivity index (χ4v) is 1.67. The first kappa shape index (κ1) is 11.7. The number of nitrogens with two attached hydrogens (primary N) is 1. The quantitative estimate of drug-likeness (QED) is 0.906. The Morgan fingerprint density at radius 1 is 1.53 bits per heavy atom. The van der Waals surface area contributed by atoms with Gasteiger partial charge in [0.25, 0.3) is 0 Å². The molecule has 0 unspecified atom stereocenters. The first-order chi connectivity index (χ1) is 8.08. The fraction of sp³-hybridized carbons (Fsp3) is 0.167. The van der Waals surface area contributed by atoms with E-state index in [1.54, 1.807) is 36.1 Å². The van der Waals surface area contributed by atoms with E-state index in [0.29, 0.717) is 5.02 Å². The monoisotopic (exact) mass is 249 g/mol. The summed E-state index contributed by atoms with van der Waals surface area (Å²) in [6.45, 7) is 1.75. The second-order valence-electron chi connectivity index (χ2n) is 3.82. The molecule has 4 nitrogen and oxygen atoms in total. The van der Waals surface area contributed by atoms with Crippen molar-refractivity contribution in [3.63, 3.8) is 0 Å². The number of hydrogen-bond acceptors (Lipinski definition) is 2. The molecule has 1 aromatic heterocycles. The van der Waals surface area contributed by atoms with Crippen LogP contribution >= 0.6 is 11.6 Å². The number of benzene rings is 1. The standard InChI is InChI=1S/C12H12ClN3O/c1-8(12(14)17)9-6-15-16(7-9)11-4-2-3-10(13)5-11/h2-8H,1H3,(H2,14,17)/t8-/m0/s1. The molecule has 1 amide bonds. The van der Waals surface area contributed by atoms with Crippen LogP contribution in [0.15, 0.2) is 36.7 Å². The summed E-state index contributed by atoms with van der Waals surface area (Å²) in [5, 5.41) is 4.82. The molecule has 2 rings (SSSR count). The van der Waals surface area contributed by atoms with Crippen molar-refractivity contribution < 1.29 is 4.79 Å². The maximum atomic E-state index is 11.1. The SMILES string of the molecule is C[C@H](C(N)=O)c1cnn(-c2cccc(Cl)c2)c1. The average molecular weight is 250 g/mol. The molecule has 2 N–H and O–H groups in total. The molecule has 0 saturated heterocycles. The highest BCUT2D eigenvalue weighted by atomic mass is 35.5. The van der Waals surface area contributed by atoms with E-state index in [2.05, 4.69) is 5.10 Å². The molecule has 88 valence electrons. The van der Waals surface area contributed by atoms with Gasteiger partial charge < -0.3 is 5.73 Å². The second kappa shape index (κ2) is 4.59. The van der Waals surface area contributed by atoms with E-state index in [9.17, 15) is 4.79 Å². The Balaban J connectivity index is 2.33. The third-order valence-corrected chi connectivity index (χ3v) is 2.84. The van der Waals surface area contributed by atoms with Gasteiger partial charge in [-0.2, -0.15) is 5.10 Å². The van der Waals surface area contributed by atoms with E-state index in [1.807, 2.05) is 12.1 Å². The number of aromatic nitrogens is 2. The second-order valence-corrected chi connectivity index (χ2v) is 4.26. The van der Waals surface area contributed by atoms with Crippen LogP contribution in [-0.2, 0) is 4.79 Å². The van der Waals surface area contributed by atoms with Crippen LogP contribution in [0.4, 0.5) is 0 Å². The van der Waals surface area contributed by atoms with Crippen molar-refractivity contribution >= 4 is 17.5 Å². The van der Waals surface area contributed by atoms with Gasteiger partial charge in [-0.3, -0.25) is 4.79 Å². The molecule has 0 fully saturated rings. The molecule has 1 heterocycles. The molecule has 1 atom stereocenters. The molecular weight excluding hydrogens is 238 g/mol. The molecular formula is C12H12ClN3O. The van der Waals surface area contributed by atoms with Gasteiger partial charge in [0, 0.05) is 16.8 Å². The van der Waals surface area contributed by atoms with Gasteiger partial charge in [-0.05, 0) is 25.1 Å². The molecule has 0 aliphatic heterocycles. The first-order valence-electron chi connectivity index (χ1n) is 5.18. The molecule has 5 heteroatoms. The highest BCUT2D eigenvalue weighted by Crippen LogP contribution is 2.18. The van der Waals surface area contributed by atoms with Crippen molar-refractivity contribution in [1.29, 1.82) is 0 Å². The van der Waals surface area contributed by atoms with Gasteiger partial charge >= 0.3 is 0 Å². The van der Waals surface area contributed by atoms with E-state index in [0.717, 1.165) is 11.3 Å². The van der Waals surface area contributed by atoms with Crippen molar-refractivity contribution in [2.45, 2.75) is 12.8 Å². The molecule has 0 radical (unpaired) electrons. The van der Waals surface area contributed by atoms with E-state index >= 15 is 0 Å². The predicted molar refractivity (Wildman–Crippen MR) is 66.2 cm³/mol. The number of nitrogens with zero attached hydrogens (tertiary/aromatic N) is 2. The van der Waals surface area contributed by atoms with Gasteiger partial charge in [-0.1, -0.05) is 17.7 Å². The zero-order valence-electron chi connectivity index (χ0n) is 9.30. The summed E-state index contributed by atoms with van der Waals surface area (Å²) in [6.07, 6.45) is 3.41. The van der Waals surface area contributed by atoms with E-state index in [4.69, 9.17) is 17.3 Å². The van der Waals surface area contributed by atoms with Gasteiger partial charge in [0.1, 0.15) is 0 Å². The Kier molecular flexibility index (Phi) is 3.15. The van der Waals surface area contributed by atoms with Crippen LogP contribution in [0.2, 0.25) is 5.02 Å². The average Bonchev–Trinajstić information content (AvgIpc) is 2.77. The molecule has 0 saturated carbocycles. The van der Waals surface area contributed by atoms with Crippen LogP contribution in [0.3, 0.4) is 0 Å². The Bertz CT molecular complexity index is 550. The van der Waals surface area contributed by atoms with Crippen LogP contribution in [-0.4, -0.2) is 15.7 Å². The number of rotatable bonds is 3. The van der Waals surface area contributed by atoms with Crippen LogP contribution in [0.25, 0.3) is 5.69 Å². The molecule has 0 aliphatic carbocycles. The molecule has 0 spiro atoms. The predicted octanol–water partition coefficient (Wildman–Crippen LogP) is 2.11. The van der Waals surface area contributed by atoms with Crippen LogP contribution in [0, 0.1) is 0 Å². The summed E-state index contributed by atoms with van der Waals surface area (Å²) in [4.78, 5) is 11.1. The minimum atomic E-state index is -0.365. The lowest BCUT2D eigenvalue weighted by Gasteiger charge is -2.03. The zero-order valence-corrected chi connectivity index (χ0v) is 10.1. The van der Waals surface area contributed by atoms with Crippen molar-refractivity contribution in [2.24, 2.45) is 5.73 Å². The Labute approximate surface area is 104 Å². The number of hydrogen-bond donors (Lipinski definition) is 1.